The summed E-state index contributed by atoms with van der Waals surface area (Å²) in [6.45, 7) is 24.4. The molecule has 0 radical (unpaired) electrons. The van der Waals surface area contributed by atoms with Gasteiger partial charge in [-0.1, -0.05) is 76.6 Å². The number of allylic oxidation sites excluding steroid dienone is 9. The lowest BCUT2D eigenvalue weighted by Crippen LogP contribution is -1.97. The van der Waals surface area contributed by atoms with Crippen LogP contribution < -0.4 is 0 Å². The first-order chi connectivity index (χ1) is 10.6. The van der Waals surface area contributed by atoms with E-state index in [9.17, 15) is 0 Å². The van der Waals surface area contributed by atoms with Crippen molar-refractivity contribution in [3.05, 3.63) is 72.4 Å². The van der Waals surface area contributed by atoms with Crippen molar-refractivity contribution in [1.82, 2.24) is 0 Å². The molecule has 0 aromatic heterocycles. The van der Waals surface area contributed by atoms with Crippen LogP contribution in [0.1, 0.15) is 67.7 Å². The highest BCUT2D eigenvalue weighted by atomic mass is 14.1. The number of unbranched alkanes of at least 4 members (excludes halogenated alkanes) is 1. The Bertz CT molecular complexity index is 386. The molecule has 0 atom stereocenters. The first-order valence-electron chi connectivity index (χ1n) is 8.41. The average Bonchev–Trinajstić information content (AvgIpc) is 2.53. The third-order valence-corrected chi connectivity index (χ3v) is 2.96. The largest absolute Gasteiger partial charge is 0.106 e. The van der Waals surface area contributed by atoms with E-state index >= 15 is 0 Å². The molecule has 0 aromatic carbocycles. The van der Waals surface area contributed by atoms with Gasteiger partial charge in [0.1, 0.15) is 0 Å². The van der Waals surface area contributed by atoms with Crippen LogP contribution in [0.3, 0.4) is 0 Å². The van der Waals surface area contributed by atoms with Crippen molar-refractivity contribution in [3.8, 4) is 0 Å². The van der Waals surface area contributed by atoms with Crippen molar-refractivity contribution in [3.63, 3.8) is 0 Å². The zero-order valence-corrected chi connectivity index (χ0v) is 16.1. The van der Waals surface area contributed by atoms with Crippen molar-refractivity contribution in [2.75, 3.05) is 0 Å². The zero-order valence-electron chi connectivity index (χ0n) is 16.1. The van der Waals surface area contributed by atoms with Crippen LogP contribution in [-0.4, -0.2) is 0 Å². The van der Waals surface area contributed by atoms with Crippen LogP contribution >= 0.6 is 0 Å². The Morgan fingerprint density at radius 2 is 1.68 bits per heavy atom. The Hall–Kier alpha value is -1.56. The first-order valence-corrected chi connectivity index (χ1v) is 8.41. The van der Waals surface area contributed by atoms with Crippen LogP contribution in [0.15, 0.2) is 72.4 Å². The van der Waals surface area contributed by atoms with E-state index < -0.39 is 0 Å². The number of hydrogen-bond acceptors (Lipinski definition) is 0. The SMILES string of the molecule is C=C.C=C/C=C(C)\C=C/CCC.CC.CCC1=C(C)C=C1C. The third kappa shape index (κ3) is 13.4. The van der Waals surface area contributed by atoms with E-state index in [1.54, 1.807) is 5.57 Å². The van der Waals surface area contributed by atoms with Gasteiger partial charge in [-0.2, -0.15) is 0 Å². The van der Waals surface area contributed by atoms with Crippen molar-refractivity contribution in [2.45, 2.75) is 67.7 Å². The fourth-order valence-electron chi connectivity index (χ4n) is 1.97. The second-order valence-electron chi connectivity index (χ2n) is 4.68. The Kier molecular flexibility index (Phi) is 22.4. The molecule has 1 aliphatic rings. The minimum Gasteiger partial charge on any atom is -0.106 e. The summed E-state index contributed by atoms with van der Waals surface area (Å²) < 4.78 is 0. The fourth-order valence-corrected chi connectivity index (χ4v) is 1.97. The van der Waals surface area contributed by atoms with E-state index in [-0.39, 0.29) is 0 Å². The van der Waals surface area contributed by atoms with Gasteiger partial charge in [-0.3, -0.25) is 0 Å². The van der Waals surface area contributed by atoms with E-state index in [2.05, 4.69) is 72.6 Å². The lowest BCUT2D eigenvalue weighted by molar-refractivity contribution is 0.957. The highest BCUT2D eigenvalue weighted by molar-refractivity contribution is 5.50. The van der Waals surface area contributed by atoms with Crippen molar-refractivity contribution < 1.29 is 0 Å². The van der Waals surface area contributed by atoms with Gasteiger partial charge >= 0.3 is 0 Å². The molecule has 1 rings (SSSR count). The smallest absolute Gasteiger partial charge is 0.0302 e. The standard InChI is InChI=1S/C10H16.C8H12.C2H6.C2H4/c1-4-6-7-9-10(3)8-5-2;1-4-8-6(2)5-7(8)3;2*1-2/h5,7-9H,2,4,6H2,1,3H3;5H,4H2,1-3H3;1-2H3;1-2H2/b9-7-,10-8-;;;. The molecule has 0 spiro atoms. The molecule has 0 aromatic rings. The summed E-state index contributed by atoms with van der Waals surface area (Å²) in [6, 6.07) is 0. The minimum atomic E-state index is 1.17. The Balaban J connectivity index is -0.000000270. The zero-order chi connectivity index (χ0) is 18.0. The molecule has 0 unspecified atom stereocenters. The van der Waals surface area contributed by atoms with E-state index in [0.717, 1.165) is 0 Å². The van der Waals surface area contributed by atoms with Gasteiger partial charge in [0.25, 0.3) is 0 Å². The lowest BCUT2D eigenvalue weighted by atomic mass is 9.89. The molecule has 0 amide bonds. The molecule has 0 fully saturated rings. The summed E-state index contributed by atoms with van der Waals surface area (Å²) in [5.74, 6) is 0. The van der Waals surface area contributed by atoms with Gasteiger partial charge in [-0.25, -0.2) is 0 Å². The summed E-state index contributed by atoms with van der Waals surface area (Å²) in [4.78, 5) is 0. The fraction of sp³-hybridized carbons (Fsp3) is 0.455. The van der Waals surface area contributed by atoms with Crippen LogP contribution in [0.5, 0.6) is 0 Å². The molecule has 0 aliphatic heterocycles. The topological polar surface area (TPSA) is 0 Å². The maximum absolute atomic E-state index is 3.62. The summed E-state index contributed by atoms with van der Waals surface area (Å²) in [5, 5.41) is 0. The quantitative estimate of drug-likeness (QED) is 0.356. The van der Waals surface area contributed by atoms with Gasteiger partial charge in [0.15, 0.2) is 0 Å². The van der Waals surface area contributed by atoms with Crippen LogP contribution in [0, 0.1) is 0 Å². The second kappa shape index (κ2) is 19.4. The van der Waals surface area contributed by atoms with Crippen LogP contribution in [0.2, 0.25) is 0 Å². The molecular weight excluding hydrogens is 264 g/mol. The van der Waals surface area contributed by atoms with Crippen molar-refractivity contribution in [1.29, 1.82) is 0 Å². The molecule has 0 heteroatoms. The number of rotatable bonds is 5. The van der Waals surface area contributed by atoms with Gasteiger partial charge in [-0.05, 0) is 50.3 Å². The molecule has 0 N–H and O–H groups in total. The van der Waals surface area contributed by atoms with Crippen LogP contribution in [0.25, 0.3) is 0 Å². The molecule has 0 saturated carbocycles. The van der Waals surface area contributed by atoms with Gasteiger partial charge < -0.3 is 0 Å². The van der Waals surface area contributed by atoms with Crippen LogP contribution in [0.4, 0.5) is 0 Å². The normalized spacial score (nSPS) is 12.7. The van der Waals surface area contributed by atoms with Gasteiger partial charge in [0.05, 0.1) is 0 Å². The van der Waals surface area contributed by atoms with Gasteiger partial charge in [0.2, 0.25) is 0 Å². The van der Waals surface area contributed by atoms with E-state index in [1.807, 2.05) is 26.0 Å². The van der Waals surface area contributed by atoms with Crippen LogP contribution in [-0.2, 0) is 0 Å². The second-order valence-corrected chi connectivity index (χ2v) is 4.68. The predicted octanol–water partition coefficient (Wildman–Crippen LogP) is 7.98. The van der Waals surface area contributed by atoms with E-state index in [4.69, 9.17) is 0 Å². The Labute approximate surface area is 140 Å². The number of hydrogen-bond donors (Lipinski definition) is 0. The Morgan fingerprint density at radius 3 is 1.95 bits per heavy atom. The summed E-state index contributed by atoms with van der Waals surface area (Å²) in [7, 11) is 0. The summed E-state index contributed by atoms with van der Waals surface area (Å²) in [6.07, 6.45) is 14.0. The van der Waals surface area contributed by atoms with E-state index in [0.29, 0.717) is 0 Å². The first kappa shape index (κ1) is 25.4. The molecule has 0 saturated heterocycles. The summed E-state index contributed by atoms with van der Waals surface area (Å²) in [5.41, 5.74) is 5.78. The lowest BCUT2D eigenvalue weighted by Gasteiger charge is -2.17. The maximum atomic E-state index is 3.62. The molecule has 126 valence electrons. The maximum Gasteiger partial charge on any atom is -0.0302 e. The molecule has 1 aliphatic carbocycles. The average molecular weight is 303 g/mol. The monoisotopic (exact) mass is 302 g/mol. The molecule has 0 bridgehead atoms. The predicted molar refractivity (Wildman–Crippen MR) is 107 cm³/mol. The summed E-state index contributed by atoms with van der Waals surface area (Å²) >= 11 is 0. The Morgan fingerprint density at radius 1 is 1.14 bits per heavy atom. The molecular formula is C22H38. The van der Waals surface area contributed by atoms with Crippen molar-refractivity contribution in [2.24, 2.45) is 0 Å². The third-order valence-electron chi connectivity index (χ3n) is 2.96. The van der Waals surface area contributed by atoms with Gasteiger partial charge in [-0.15, -0.1) is 13.2 Å². The van der Waals surface area contributed by atoms with Gasteiger partial charge in [0, 0.05) is 0 Å². The highest BCUT2D eigenvalue weighted by Crippen LogP contribution is 2.28. The van der Waals surface area contributed by atoms with E-state index in [1.165, 1.54) is 36.0 Å². The highest BCUT2D eigenvalue weighted by Gasteiger charge is 2.08. The molecule has 0 heterocycles. The minimum absolute atomic E-state index is 1.17. The van der Waals surface area contributed by atoms with Crippen molar-refractivity contribution >= 4 is 0 Å². The molecule has 0 nitrogen and oxygen atoms in total. The molecule has 22 heavy (non-hydrogen) atoms.